The summed E-state index contributed by atoms with van der Waals surface area (Å²) in [6, 6.07) is 4.70. The van der Waals surface area contributed by atoms with Gasteiger partial charge in [0.25, 0.3) is 0 Å². The van der Waals surface area contributed by atoms with Crippen molar-refractivity contribution in [3.8, 4) is 5.88 Å². The second-order valence-electron chi connectivity index (χ2n) is 3.97. The smallest absolute Gasteiger partial charge is 0.354 e. The molecule has 1 aromatic heterocycles. The normalized spacial score (nSPS) is 19.9. The van der Waals surface area contributed by atoms with Crippen LogP contribution in [0.3, 0.4) is 0 Å². The molecule has 1 unspecified atom stereocenters. The molecule has 1 N–H and O–H groups in total. The van der Waals surface area contributed by atoms with Crippen LogP contribution in [0.25, 0.3) is 0 Å². The summed E-state index contributed by atoms with van der Waals surface area (Å²) in [5, 5.41) is 8.78. The number of carboxylic acid groups (broad SMARTS) is 1. The highest BCUT2D eigenvalue weighted by atomic mass is 16.5. The minimum atomic E-state index is -1.05. The minimum Gasteiger partial charge on any atom is -0.477 e. The molecule has 0 amide bonds. The lowest BCUT2D eigenvalue weighted by Gasteiger charge is -2.22. The Morgan fingerprint density at radius 1 is 1.53 bits per heavy atom. The fourth-order valence-electron chi connectivity index (χ4n) is 1.73. The summed E-state index contributed by atoms with van der Waals surface area (Å²) in [5.41, 5.74) is -0.00735. The van der Waals surface area contributed by atoms with Gasteiger partial charge in [0.05, 0.1) is 6.10 Å². The third-order valence-electron chi connectivity index (χ3n) is 2.63. The van der Waals surface area contributed by atoms with Gasteiger partial charge in [0, 0.05) is 12.7 Å². The van der Waals surface area contributed by atoms with Crippen LogP contribution in [0, 0.1) is 0 Å². The van der Waals surface area contributed by atoms with Crippen LogP contribution in [-0.4, -0.2) is 35.4 Å². The quantitative estimate of drug-likeness (QED) is 0.863. The van der Waals surface area contributed by atoms with Crippen LogP contribution in [0.4, 0.5) is 0 Å². The van der Waals surface area contributed by atoms with E-state index in [2.05, 4.69) is 4.98 Å². The molecule has 2 heterocycles. The average molecular weight is 237 g/mol. The molecular weight excluding hydrogens is 222 g/mol. The first-order chi connectivity index (χ1) is 8.25. The topological polar surface area (TPSA) is 68.7 Å². The number of rotatable bonds is 4. The molecule has 0 aromatic carbocycles. The number of nitrogens with zero attached hydrogens (tertiary/aromatic N) is 1. The van der Waals surface area contributed by atoms with E-state index in [0.29, 0.717) is 12.5 Å². The predicted octanol–water partition coefficient (Wildman–Crippen LogP) is 1.73. The van der Waals surface area contributed by atoms with Gasteiger partial charge >= 0.3 is 5.97 Å². The lowest BCUT2D eigenvalue weighted by molar-refractivity contribution is -0.0119. The minimum absolute atomic E-state index is 0.00735. The van der Waals surface area contributed by atoms with Crippen molar-refractivity contribution < 1.29 is 19.4 Å². The maximum atomic E-state index is 10.7. The van der Waals surface area contributed by atoms with Gasteiger partial charge in [0.1, 0.15) is 6.61 Å². The van der Waals surface area contributed by atoms with E-state index in [9.17, 15) is 4.79 Å². The zero-order chi connectivity index (χ0) is 12.1. The van der Waals surface area contributed by atoms with Crippen LogP contribution >= 0.6 is 0 Å². The van der Waals surface area contributed by atoms with Crippen LogP contribution in [0.15, 0.2) is 18.2 Å². The zero-order valence-electron chi connectivity index (χ0n) is 9.46. The van der Waals surface area contributed by atoms with E-state index < -0.39 is 5.97 Å². The van der Waals surface area contributed by atoms with Gasteiger partial charge in [-0.05, 0) is 25.3 Å². The van der Waals surface area contributed by atoms with E-state index in [1.807, 2.05) is 0 Å². The van der Waals surface area contributed by atoms with Crippen molar-refractivity contribution in [1.82, 2.24) is 4.98 Å². The molecule has 0 radical (unpaired) electrons. The Balaban J connectivity index is 1.89. The highest BCUT2D eigenvalue weighted by molar-refractivity contribution is 5.85. The molecule has 2 rings (SSSR count). The van der Waals surface area contributed by atoms with Gasteiger partial charge < -0.3 is 14.6 Å². The summed E-state index contributed by atoms with van der Waals surface area (Å²) in [7, 11) is 0. The summed E-state index contributed by atoms with van der Waals surface area (Å²) < 4.78 is 10.9. The Morgan fingerprint density at radius 3 is 3.12 bits per heavy atom. The molecule has 0 aliphatic carbocycles. The first-order valence-electron chi connectivity index (χ1n) is 5.70. The summed E-state index contributed by atoms with van der Waals surface area (Å²) in [5.74, 6) is -0.719. The van der Waals surface area contributed by atoms with Gasteiger partial charge in [-0.25, -0.2) is 9.78 Å². The van der Waals surface area contributed by atoms with Gasteiger partial charge in [-0.3, -0.25) is 0 Å². The van der Waals surface area contributed by atoms with Gasteiger partial charge in [-0.2, -0.15) is 0 Å². The van der Waals surface area contributed by atoms with Gasteiger partial charge in [-0.15, -0.1) is 0 Å². The highest BCUT2D eigenvalue weighted by Crippen LogP contribution is 2.14. The van der Waals surface area contributed by atoms with E-state index in [-0.39, 0.29) is 11.8 Å². The Morgan fingerprint density at radius 2 is 2.41 bits per heavy atom. The number of aromatic carboxylic acids is 1. The number of hydrogen-bond acceptors (Lipinski definition) is 4. The molecule has 92 valence electrons. The van der Waals surface area contributed by atoms with Crippen LogP contribution in [0.1, 0.15) is 29.8 Å². The maximum absolute atomic E-state index is 10.7. The summed E-state index contributed by atoms with van der Waals surface area (Å²) in [6.07, 6.45) is 3.33. The first-order valence-corrected chi connectivity index (χ1v) is 5.70. The summed E-state index contributed by atoms with van der Waals surface area (Å²) in [4.78, 5) is 14.6. The number of hydrogen-bond donors (Lipinski definition) is 1. The number of carbonyl (C=O) groups is 1. The number of aromatic nitrogens is 1. The molecular formula is C12H15NO4. The SMILES string of the molecule is O=C(O)c1cccc(OCC2CCCCO2)n1. The fourth-order valence-corrected chi connectivity index (χ4v) is 1.73. The molecule has 1 aromatic rings. The van der Waals surface area contributed by atoms with Crippen molar-refractivity contribution in [2.45, 2.75) is 25.4 Å². The van der Waals surface area contributed by atoms with Crippen LogP contribution in [-0.2, 0) is 4.74 Å². The van der Waals surface area contributed by atoms with E-state index in [1.54, 1.807) is 12.1 Å². The molecule has 1 fully saturated rings. The average Bonchev–Trinajstić information content (AvgIpc) is 2.38. The van der Waals surface area contributed by atoms with Crippen molar-refractivity contribution in [3.63, 3.8) is 0 Å². The molecule has 1 saturated heterocycles. The monoisotopic (exact) mass is 237 g/mol. The fraction of sp³-hybridized carbons (Fsp3) is 0.500. The van der Waals surface area contributed by atoms with Crippen molar-refractivity contribution >= 4 is 5.97 Å². The third kappa shape index (κ3) is 3.42. The second-order valence-corrected chi connectivity index (χ2v) is 3.97. The van der Waals surface area contributed by atoms with E-state index >= 15 is 0 Å². The van der Waals surface area contributed by atoms with Crippen LogP contribution in [0.2, 0.25) is 0 Å². The summed E-state index contributed by atoms with van der Waals surface area (Å²) >= 11 is 0. The van der Waals surface area contributed by atoms with Crippen molar-refractivity contribution in [1.29, 1.82) is 0 Å². The zero-order valence-corrected chi connectivity index (χ0v) is 9.46. The molecule has 1 aliphatic heterocycles. The Kier molecular flexibility index (Phi) is 3.93. The summed E-state index contributed by atoms with van der Waals surface area (Å²) in [6.45, 7) is 1.20. The molecule has 5 nitrogen and oxygen atoms in total. The molecule has 5 heteroatoms. The second kappa shape index (κ2) is 5.63. The molecule has 0 spiro atoms. The van der Waals surface area contributed by atoms with E-state index in [1.165, 1.54) is 6.07 Å². The molecule has 17 heavy (non-hydrogen) atoms. The van der Waals surface area contributed by atoms with Crippen molar-refractivity contribution in [2.24, 2.45) is 0 Å². The van der Waals surface area contributed by atoms with Gasteiger partial charge in [0.2, 0.25) is 5.88 Å². The molecule has 1 aliphatic rings. The third-order valence-corrected chi connectivity index (χ3v) is 2.63. The van der Waals surface area contributed by atoms with Crippen LogP contribution in [0.5, 0.6) is 5.88 Å². The maximum Gasteiger partial charge on any atom is 0.354 e. The van der Waals surface area contributed by atoms with Gasteiger partial charge in [-0.1, -0.05) is 6.07 Å². The first kappa shape index (κ1) is 11.9. The standard InChI is InChI=1S/C12H15NO4/c14-12(15)10-5-3-6-11(13-10)17-8-9-4-1-2-7-16-9/h3,5-6,9H,1-2,4,7-8H2,(H,14,15). The lowest BCUT2D eigenvalue weighted by Crippen LogP contribution is -2.26. The molecule has 0 bridgehead atoms. The Labute approximate surface area is 99.4 Å². The van der Waals surface area contributed by atoms with Crippen molar-refractivity contribution in [3.05, 3.63) is 23.9 Å². The number of carboxylic acids is 1. The van der Waals surface area contributed by atoms with E-state index in [0.717, 1.165) is 25.9 Å². The molecule has 1 atom stereocenters. The highest BCUT2D eigenvalue weighted by Gasteiger charge is 2.15. The van der Waals surface area contributed by atoms with Gasteiger partial charge in [0.15, 0.2) is 5.69 Å². The predicted molar refractivity (Wildman–Crippen MR) is 60.3 cm³/mol. The largest absolute Gasteiger partial charge is 0.477 e. The Bertz CT molecular complexity index is 388. The molecule has 0 saturated carbocycles. The lowest BCUT2D eigenvalue weighted by atomic mass is 10.1. The Hall–Kier alpha value is -1.62. The van der Waals surface area contributed by atoms with E-state index in [4.69, 9.17) is 14.6 Å². The van der Waals surface area contributed by atoms with Crippen molar-refractivity contribution in [2.75, 3.05) is 13.2 Å². The number of ether oxygens (including phenoxy) is 2. The number of pyridine rings is 1. The van der Waals surface area contributed by atoms with Crippen LogP contribution < -0.4 is 4.74 Å².